The molecule has 5 heteroatoms. The minimum Gasteiger partial charge on any atom is -0.465 e. The Hall–Kier alpha value is -1.10. The molecule has 1 atom stereocenters. The summed E-state index contributed by atoms with van der Waals surface area (Å²) in [6.07, 6.45) is 4.22. The number of nitrogens with zero attached hydrogens (tertiary/aromatic N) is 1. The van der Waals surface area contributed by atoms with Crippen molar-refractivity contribution in [3.05, 3.63) is 0 Å². The molecule has 20 heavy (non-hydrogen) atoms. The molecule has 0 aromatic heterocycles. The lowest BCUT2D eigenvalue weighted by Crippen LogP contribution is -2.43. The summed E-state index contributed by atoms with van der Waals surface area (Å²) in [5.74, 6) is 0.748. The third-order valence-corrected chi connectivity index (χ3v) is 3.74. The zero-order valence-electron chi connectivity index (χ0n) is 12.5. The zero-order chi connectivity index (χ0) is 14.5. The molecule has 0 bridgehead atoms. The number of carbonyl (C=O) groups excluding carboxylic acids is 2. The molecule has 0 heterocycles. The quantitative estimate of drug-likeness (QED) is 0.603. The van der Waals surface area contributed by atoms with Gasteiger partial charge in [0.1, 0.15) is 12.6 Å². The average Bonchev–Trinajstić information content (AvgIpc) is 3.28. The fraction of sp³-hybridized carbons (Fsp3) is 0.867. The number of esters is 1. The lowest BCUT2D eigenvalue weighted by molar-refractivity contribution is -0.153. The van der Waals surface area contributed by atoms with Crippen LogP contribution in [0.25, 0.3) is 0 Å². The molecule has 1 amide bonds. The molecular formula is C15H25NO4. The Morgan fingerprint density at radius 1 is 1.20 bits per heavy atom. The molecule has 114 valence electrons. The fourth-order valence-corrected chi connectivity index (χ4v) is 2.10. The van der Waals surface area contributed by atoms with Crippen LogP contribution in [0.5, 0.6) is 0 Å². The molecule has 0 radical (unpaired) electrons. The van der Waals surface area contributed by atoms with E-state index in [-0.39, 0.29) is 18.4 Å². The normalized spacial score (nSPS) is 19.5. The van der Waals surface area contributed by atoms with E-state index in [9.17, 15) is 9.59 Å². The monoisotopic (exact) mass is 283 g/mol. The van der Waals surface area contributed by atoms with Crippen molar-refractivity contribution in [2.75, 3.05) is 26.3 Å². The van der Waals surface area contributed by atoms with E-state index in [0.717, 1.165) is 12.8 Å². The van der Waals surface area contributed by atoms with Crippen LogP contribution in [-0.4, -0.2) is 49.2 Å². The molecule has 2 aliphatic carbocycles. The SMILES string of the molecule is CCOC(=O)CN(CC1CC1)C(=O)[C@@H](C)OCC1CC1. The van der Waals surface area contributed by atoms with E-state index in [1.54, 1.807) is 18.7 Å². The molecule has 2 saturated carbocycles. The second kappa shape index (κ2) is 7.07. The molecule has 2 rings (SSSR count). The molecule has 0 saturated heterocycles. The molecule has 0 aromatic carbocycles. The van der Waals surface area contributed by atoms with Crippen molar-refractivity contribution in [1.82, 2.24) is 4.90 Å². The first kappa shape index (κ1) is 15.3. The first-order chi connectivity index (χ1) is 9.60. The van der Waals surface area contributed by atoms with Crippen LogP contribution in [0, 0.1) is 11.8 Å². The number of amides is 1. The summed E-state index contributed by atoms with van der Waals surface area (Å²) in [5, 5.41) is 0. The van der Waals surface area contributed by atoms with Crippen molar-refractivity contribution in [1.29, 1.82) is 0 Å². The summed E-state index contributed by atoms with van der Waals surface area (Å²) in [7, 11) is 0. The van der Waals surface area contributed by atoms with Crippen LogP contribution >= 0.6 is 0 Å². The van der Waals surface area contributed by atoms with E-state index in [4.69, 9.17) is 9.47 Å². The maximum absolute atomic E-state index is 12.4. The van der Waals surface area contributed by atoms with Gasteiger partial charge < -0.3 is 14.4 Å². The summed E-state index contributed by atoms with van der Waals surface area (Å²) >= 11 is 0. The first-order valence-electron chi connectivity index (χ1n) is 7.66. The number of ether oxygens (including phenoxy) is 2. The third-order valence-electron chi connectivity index (χ3n) is 3.74. The van der Waals surface area contributed by atoms with Crippen LogP contribution < -0.4 is 0 Å². The second-order valence-electron chi connectivity index (χ2n) is 5.89. The fourth-order valence-electron chi connectivity index (χ4n) is 2.10. The van der Waals surface area contributed by atoms with Crippen molar-refractivity contribution in [2.24, 2.45) is 11.8 Å². The predicted molar refractivity (Wildman–Crippen MR) is 74.1 cm³/mol. The van der Waals surface area contributed by atoms with Gasteiger partial charge in [-0.3, -0.25) is 9.59 Å². The summed E-state index contributed by atoms with van der Waals surface area (Å²) in [6.45, 7) is 5.23. The minimum absolute atomic E-state index is 0.0420. The lowest BCUT2D eigenvalue weighted by atomic mass is 10.3. The van der Waals surface area contributed by atoms with Crippen LogP contribution in [0.15, 0.2) is 0 Å². The highest BCUT2D eigenvalue weighted by molar-refractivity contribution is 5.84. The van der Waals surface area contributed by atoms with E-state index < -0.39 is 6.10 Å². The molecular weight excluding hydrogens is 258 g/mol. The minimum atomic E-state index is -0.469. The Morgan fingerprint density at radius 2 is 1.85 bits per heavy atom. The molecule has 2 fully saturated rings. The number of hydrogen-bond donors (Lipinski definition) is 0. The molecule has 0 unspecified atom stereocenters. The molecule has 0 aromatic rings. The maximum Gasteiger partial charge on any atom is 0.325 e. The smallest absolute Gasteiger partial charge is 0.325 e. The van der Waals surface area contributed by atoms with Crippen molar-refractivity contribution in [2.45, 2.75) is 45.6 Å². The first-order valence-corrected chi connectivity index (χ1v) is 7.66. The van der Waals surface area contributed by atoms with E-state index in [1.807, 2.05) is 0 Å². The number of rotatable bonds is 9. The van der Waals surface area contributed by atoms with Crippen LogP contribution in [0.3, 0.4) is 0 Å². The van der Waals surface area contributed by atoms with Crippen LogP contribution in [0.2, 0.25) is 0 Å². The van der Waals surface area contributed by atoms with Gasteiger partial charge in [0.25, 0.3) is 5.91 Å². The van der Waals surface area contributed by atoms with E-state index in [1.165, 1.54) is 12.8 Å². The summed E-state index contributed by atoms with van der Waals surface area (Å²) < 4.78 is 10.5. The van der Waals surface area contributed by atoms with Gasteiger partial charge in [-0.1, -0.05) is 0 Å². The van der Waals surface area contributed by atoms with Gasteiger partial charge in [0.2, 0.25) is 0 Å². The van der Waals surface area contributed by atoms with Gasteiger partial charge >= 0.3 is 5.97 Å². The maximum atomic E-state index is 12.4. The van der Waals surface area contributed by atoms with Gasteiger partial charge in [-0.05, 0) is 51.4 Å². The van der Waals surface area contributed by atoms with Gasteiger partial charge in [-0.2, -0.15) is 0 Å². The summed E-state index contributed by atoms with van der Waals surface area (Å²) in [4.78, 5) is 25.6. The van der Waals surface area contributed by atoms with Gasteiger partial charge in [-0.25, -0.2) is 0 Å². The van der Waals surface area contributed by atoms with E-state index in [2.05, 4.69) is 0 Å². The Balaban J connectivity index is 1.82. The number of hydrogen-bond acceptors (Lipinski definition) is 4. The highest BCUT2D eigenvalue weighted by atomic mass is 16.5. The molecule has 0 aliphatic heterocycles. The predicted octanol–water partition coefficient (Wildman–Crippen LogP) is 1.60. The van der Waals surface area contributed by atoms with Crippen LogP contribution in [-0.2, 0) is 19.1 Å². The van der Waals surface area contributed by atoms with Gasteiger partial charge in [0.05, 0.1) is 13.2 Å². The van der Waals surface area contributed by atoms with Crippen LogP contribution in [0.4, 0.5) is 0 Å². The zero-order valence-corrected chi connectivity index (χ0v) is 12.5. The van der Waals surface area contributed by atoms with Crippen molar-refractivity contribution in [3.8, 4) is 0 Å². The van der Waals surface area contributed by atoms with Crippen molar-refractivity contribution < 1.29 is 19.1 Å². The standard InChI is InChI=1S/C15H25NO4/c1-3-19-14(17)9-16(8-12-4-5-12)15(18)11(2)20-10-13-6-7-13/h11-13H,3-10H2,1-2H3/t11-/m1/s1. The lowest BCUT2D eigenvalue weighted by Gasteiger charge is -2.25. The topological polar surface area (TPSA) is 55.8 Å². The molecule has 5 nitrogen and oxygen atoms in total. The molecule has 0 N–H and O–H groups in total. The summed E-state index contributed by atoms with van der Waals surface area (Å²) in [6, 6.07) is 0. The highest BCUT2D eigenvalue weighted by Crippen LogP contribution is 2.31. The molecule has 2 aliphatic rings. The van der Waals surface area contributed by atoms with E-state index in [0.29, 0.717) is 31.6 Å². The average molecular weight is 283 g/mol. The van der Waals surface area contributed by atoms with Gasteiger partial charge in [-0.15, -0.1) is 0 Å². The van der Waals surface area contributed by atoms with Gasteiger partial charge in [0, 0.05) is 6.54 Å². The Morgan fingerprint density at radius 3 is 2.40 bits per heavy atom. The third kappa shape index (κ3) is 5.12. The molecule has 0 spiro atoms. The summed E-state index contributed by atoms with van der Waals surface area (Å²) in [5.41, 5.74) is 0. The Bertz CT molecular complexity index is 350. The van der Waals surface area contributed by atoms with Crippen molar-refractivity contribution >= 4 is 11.9 Å². The van der Waals surface area contributed by atoms with Crippen molar-refractivity contribution in [3.63, 3.8) is 0 Å². The van der Waals surface area contributed by atoms with E-state index >= 15 is 0 Å². The highest BCUT2D eigenvalue weighted by Gasteiger charge is 2.31. The second-order valence-corrected chi connectivity index (χ2v) is 5.89. The Kier molecular flexibility index (Phi) is 5.40. The number of carbonyl (C=O) groups is 2. The Labute approximate surface area is 120 Å². The van der Waals surface area contributed by atoms with Crippen LogP contribution in [0.1, 0.15) is 39.5 Å². The van der Waals surface area contributed by atoms with Gasteiger partial charge in [0.15, 0.2) is 0 Å². The largest absolute Gasteiger partial charge is 0.465 e.